The molecule has 1 saturated carbocycles. The third-order valence-electron chi connectivity index (χ3n) is 4.76. The Morgan fingerprint density at radius 3 is 2.50 bits per heavy atom. The first-order valence-corrected chi connectivity index (χ1v) is 7.95. The average Bonchev–Trinajstić information content (AvgIpc) is 2.48. The number of hydrogen-bond acceptors (Lipinski definition) is 2. The van der Waals surface area contributed by atoms with E-state index < -0.39 is 0 Å². The van der Waals surface area contributed by atoms with Crippen LogP contribution in [0.2, 0.25) is 0 Å². The summed E-state index contributed by atoms with van der Waals surface area (Å²) in [7, 11) is 2.06. The first-order valence-electron chi connectivity index (χ1n) is 7.95. The molecule has 0 amide bonds. The molecule has 2 nitrogen and oxygen atoms in total. The lowest BCUT2D eigenvalue weighted by atomic mass is 9.79. The summed E-state index contributed by atoms with van der Waals surface area (Å²) >= 11 is 0. The first-order chi connectivity index (χ1) is 9.55. The van der Waals surface area contributed by atoms with E-state index in [1.807, 2.05) is 0 Å². The molecule has 112 valence electrons. The maximum absolute atomic E-state index is 6.42. The van der Waals surface area contributed by atoms with Crippen LogP contribution in [-0.2, 0) is 4.74 Å². The fourth-order valence-electron chi connectivity index (χ4n) is 3.11. The zero-order valence-corrected chi connectivity index (χ0v) is 13.4. The minimum Gasteiger partial charge on any atom is -0.371 e. The summed E-state index contributed by atoms with van der Waals surface area (Å²) < 4.78 is 6.42. The monoisotopic (exact) mass is 275 g/mol. The average molecular weight is 275 g/mol. The molecule has 1 fully saturated rings. The molecule has 0 radical (unpaired) electrons. The molecule has 2 rings (SSSR count). The normalized spacial score (nSPS) is 27.5. The van der Waals surface area contributed by atoms with Crippen molar-refractivity contribution in [2.45, 2.75) is 70.1 Å². The molecule has 0 aromatic heterocycles. The van der Waals surface area contributed by atoms with Gasteiger partial charge in [0.05, 0.1) is 11.7 Å². The Morgan fingerprint density at radius 1 is 1.20 bits per heavy atom. The van der Waals surface area contributed by atoms with Crippen molar-refractivity contribution >= 4 is 0 Å². The van der Waals surface area contributed by atoms with E-state index in [-0.39, 0.29) is 5.60 Å². The second kappa shape index (κ2) is 6.73. The summed E-state index contributed by atoms with van der Waals surface area (Å²) in [4.78, 5) is 0. The predicted octanol–water partition coefficient (Wildman–Crippen LogP) is 4.12. The van der Waals surface area contributed by atoms with Crippen molar-refractivity contribution in [1.29, 1.82) is 0 Å². The van der Waals surface area contributed by atoms with Gasteiger partial charge in [0.1, 0.15) is 0 Å². The molecule has 0 bridgehead atoms. The Labute approximate surface area is 123 Å². The molecule has 3 unspecified atom stereocenters. The van der Waals surface area contributed by atoms with Crippen LogP contribution in [-0.4, -0.2) is 24.8 Å². The molecule has 1 aliphatic carbocycles. The zero-order chi connectivity index (χ0) is 14.6. The highest BCUT2D eigenvalue weighted by Gasteiger charge is 2.34. The number of likely N-dealkylation sites (N-methyl/N-ethyl adjacent to an activating group) is 1. The lowest BCUT2D eigenvalue weighted by Crippen LogP contribution is -2.47. The van der Waals surface area contributed by atoms with Crippen molar-refractivity contribution in [3.05, 3.63) is 35.9 Å². The second-order valence-electron chi connectivity index (χ2n) is 6.59. The molecule has 0 aliphatic heterocycles. The second-order valence-corrected chi connectivity index (χ2v) is 6.59. The van der Waals surface area contributed by atoms with Crippen LogP contribution in [0.4, 0.5) is 0 Å². The first kappa shape index (κ1) is 15.5. The van der Waals surface area contributed by atoms with Gasteiger partial charge in [0.2, 0.25) is 0 Å². The van der Waals surface area contributed by atoms with Crippen molar-refractivity contribution < 1.29 is 4.74 Å². The fraction of sp³-hybridized carbons (Fsp3) is 0.667. The minimum atomic E-state index is -0.0294. The Hall–Kier alpha value is -0.860. The molecule has 20 heavy (non-hydrogen) atoms. The van der Waals surface area contributed by atoms with Gasteiger partial charge in [-0.2, -0.15) is 0 Å². The van der Waals surface area contributed by atoms with Gasteiger partial charge in [0.15, 0.2) is 0 Å². The van der Waals surface area contributed by atoms with E-state index in [1.54, 1.807) is 0 Å². The SMILES string of the molecule is CCC(C)(C)OC1CC(c2ccccc2)CCC1NC. The molecule has 1 aromatic carbocycles. The summed E-state index contributed by atoms with van der Waals surface area (Å²) in [6.45, 7) is 6.60. The number of benzene rings is 1. The van der Waals surface area contributed by atoms with Crippen molar-refractivity contribution in [2.24, 2.45) is 0 Å². The lowest BCUT2D eigenvalue weighted by molar-refractivity contribution is -0.100. The van der Waals surface area contributed by atoms with Gasteiger partial charge in [-0.3, -0.25) is 0 Å². The highest BCUT2D eigenvalue weighted by Crippen LogP contribution is 2.36. The van der Waals surface area contributed by atoms with Crippen molar-refractivity contribution in [2.75, 3.05) is 7.05 Å². The highest BCUT2D eigenvalue weighted by molar-refractivity contribution is 5.20. The summed E-state index contributed by atoms with van der Waals surface area (Å²) in [5.74, 6) is 0.637. The quantitative estimate of drug-likeness (QED) is 0.873. The van der Waals surface area contributed by atoms with Crippen molar-refractivity contribution in [3.8, 4) is 0 Å². The smallest absolute Gasteiger partial charge is 0.0741 e. The van der Waals surface area contributed by atoms with E-state index in [2.05, 4.69) is 63.5 Å². The van der Waals surface area contributed by atoms with Gasteiger partial charge in [-0.25, -0.2) is 0 Å². The Kier molecular flexibility index (Phi) is 5.22. The van der Waals surface area contributed by atoms with Gasteiger partial charge in [-0.1, -0.05) is 37.3 Å². The molecule has 0 heterocycles. The summed E-state index contributed by atoms with van der Waals surface area (Å²) in [6.07, 6.45) is 4.94. The number of nitrogens with one attached hydrogen (secondary N) is 1. The van der Waals surface area contributed by atoms with Gasteiger partial charge in [-0.05, 0) is 58.1 Å². The van der Waals surface area contributed by atoms with Gasteiger partial charge >= 0.3 is 0 Å². The summed E-state index contributed by atoms with van der Waals surface area (Å²) in [6, 6.07) is 11.4. The topological polar surface area (TPSA) is 21.3 Å². The van der Waals surface area contributed by atoms with Gasteiger partial charge < -0.3 is 10.1 Å². The highest BCUT2D eigenvalue weighted by atomic mass is 16.5. The number of hydrogen-bond donors (Lipinski definition) is 1. The van der Waals surface area contributed by atoms with Crippen LogP contribution in [0.25, 0.3) is 0 Å². The third kappa shape index (κ3) is 3.83. The zero-order valence-electron chi connectivity index (χ0n) is 13.4. The fourth-order valence-corrected chi connectivity index (χ4v) is 3.11. The Balaban J connectivity index is 2.07. The molecule has 2 heteroatoms. The predicted molar refractivity (Wildman–Crippen MR) is 85.1 cm³/mol. The maximum Gasteiger partial charge on any atom is 0.0741 e. The molecule has 3 atom stereocenters. The van der Waals surface area contributed by atoms with E-state index in [9.17, 15) is 0 Å². The Bertz CT molecular complexity index is 401. The van der Waals surface area contributed by atoms with Crippen molar-refractivity contribution in [3.63, 3.8) is 0 Å². The van der Waals surface area contributed by atoms with E-state index in [1.165, 1.54) is 18.4 Å². The minimum absolute atomic E-state index is 0.0294. The number of rotatable bonds is 5. The van der Waals surface area contributed by atoms with E-state index in [0.717, 1.165) is 12.8 Å². The standard InChI is InChI=1S/C18H29NO/c1-5-18(2,3)20-17-13-15(11-12-16(17)19-4)14-9-7-6-8-10-14/h6-10,15-17,19H,5,11-13H2,1-4H3. The van der Waals surface area contributed by atoms with Gasteiger partial charge in [0.25, 0.3) is 0 Å². The van der Waals surface area contributed by atoms with Crippen LogP contribution in [0.3, 0.4) is 0 Å². The van der Waals surface area contributed by atoms with Crippen molar-refractivity contribution in [1.82, 2.24) is 5.32 Å². The van der Waals surface area contributed by atoms with Crippen LogP contribution in [0.15, 0.2) is 30.3 Å². The largest absolute Gasteiger partial charge is 0.371 e. The molecular weight excluding hydrogens is 246 g/mol. The van der Waals surface area contributed by atoms with Crippen LogP contribution >= 0.6 is 0 Å². The maximum atomic E-state index is 6.42. The van der Waals surface area contributed by atoms with E-state index in [4.69, 9.17) is 4.74 Å². The van der Waals surface area contributed by atoms with Crippen LogP contribution in [0, 0.1) is 0 Å². The number of ether oxygens (including phenoxy) is 1. The van der Waals surface area contributed by atoms with Gasteiger partial charge in [0, 0.05) is 6.04 Å². The molecule has 0 saturated heterocycles. The molecule has 1 aliphatic rings. The lowest BCUT2D eigenvalue weighted by Gasteiger charge is -2.40. The van der Waals surface area contributed by atoms with E-state index in [0.29, 0.717) is 18.1 Å². The molecule has 1 N–H and O–H groups in total. The summed E-state index contributed by atoms with van der Waals surface area (Å²) in [5.41, 5.74) is 1.43. The third-order valence-corrected chi connectivity index (χ3v) is 4.76. The Morgan fingerprint density at radius 2 is 1.90 bits per heavy atom. The van der Waals surface area contributed by atoms with Gasteiger partial charge in [-0.15, -0.1) is 0 Å². The molecule has 1 aromatic rings. The summed E-state index contributed by atoms with van der Waals surface area (Å²) in [5, 5.41) is 3.45. The van der Waals surface area contributed by atoms with E-state index >= 15 is 0 Å². The van der Waals surface area contributed by atoms with Crippen LogP contribution < -0.4 is 5.32 Å². The van der Waals surface area contributed by atoms with Crippen LogP contribution in [0.1, 0.15) is 57.9 Å². The van der Waals surface area contributed by atoms with Crippen LogP contribution in [0.5, 0.6) is 0 Å². The molecular formula is C18H29NO. The molecule has 0 spiro atoms.